The van der Waals surface area contributed by atoms with Gasteiger partial charge in [-0.1, -0.05) is 77.0 Å². The van der Waals surface area contributed by atoms with Crippen LogP contribution in [0.25, 0.3) is 0 Å². The first-order valence-electron chi connectivity index (χ1n) is 11.9. The molecule has 0 aromatic carbocycles. The van der Waals surface area contributed by atoms with Crippen molar-refractivity contribution in [1.29, 1.82) is 0 Å². The Hall–Kier alpha value is -0.135. The highest BCUT2D eigenvalue weighted by molar-refractivity contribution is 6.11. The Morgan fingerprint density at radius 2 is 1.21 bits per heavy atom. The summed E-state index contributed by atoms with van der Waals surface area (Å²) in [5, 5.41) is 8.74. The molecular weight excluding hydrogens is 367 g/mol. The summed E-state index contributed by atoms with van der Waals surface area (Å²) >= 11 is 0. The summed E-state index contributed by atoms with van der Waals surface area (Å²) in [6, 6.07) is -0.444. The van der Waals surface area contributed by atoms with E-state index in [-0.39, 0.29) is 18.3 Å². The van der Waals surface area contributed by atoms with Gasteiger partial charge in [0.05, 0.1) is 6.61 Å². The van der Waals surface area contributed by atoms with Crippen molar-refractivity contribution in [1.82, 2.24) is 0 Å². The Morgan fingerprint density at radius 3 is 1.66 bits per heavy atom. The second-order valence-corrected chi connectivity index (χ2v) is 8.30. The van der Waals surface area contributed by atoms with Crippen molar-refractivity contribution in [2.75, 3.05) is 34.0 Å². The molecule has 0 unspecified atom stereocenters. The van der Waals surface area contributed by atoms with Crippen molar-refractivity contribution < 1.29 is 24.1 Å². The molecular formula is C23H45BO5. The van der Waals surface area contributed by atoms with Gasteiger partial charge in [0.25, 0.3) is 0 Å². The number of aliphatic hydroxyl groups is 1. The fourth-order valence-corrected chi connectivity index (χ4v) is 4.08. The molecule has 0 aromatic rings. The quantitative estimate of drug-likeness (QED) is 0.238. The summed E-state index contributed by atoms with van der Waals surface area (Å²) in [5.41, 5.74) is 0. The number of aliphatic hydroxyl groups excluding tert-OH is 1. The SMILES string of the molecule is [B][C@@H]1O[C@H](COC)[C@@H](OC)[C@H]1OCCCCCCCCCCCCCCCCO. The lowest BCUT2D eigenvalue weighted by atomic mass is 9.92. The van der Waals surface area contributed by atoms with Gasteiger partial charge in [-0.15, -0.1) is 0 Å². The topological polar surface area (TPSA) is 57.2 Å². The van der Waals surface area contributed by atoms with E-state index in [9.17, 15) is 0 Å². The van der Waals surface area contributed by atoms with Gasteiger partial charge >= 0.3 is 0 Å². The number of rotatable bonds is 20. The van der Waals surface area contributed by atoms with E-state index in [0.717, 1.165) is 12.8 Å². The van der Waals surface area contributed by atoms with E-state index in [1.54, 1.807) is 14.2 Å². The largest absolute Gasteiger partial charge is 0.396 e. The molecule has 0 aliphatic carbocycles. The fraction of sp³-hybridized carbons (Fsp3) is 1.00. The minimum absolute atomic E-state index is 0.156. The van der Waals surface area contributed by atoms with Gasteiger partial charge in [0.1, 0.15) is 26.2 Å². The third-order valence-corrected chi connectivity index (χ3v) is 5.81. The summed E-state index contributed by atoms with van der Waals surface area (Å²) in [7, 11) is 9.36. The summed E-state index contributed by atoms with van der Waals surface area (Å²) < 4.78 is 22.3. The lowest BCUT2D eigenvalue weighted by molar-refractivity contribution is -0.0562. The first-order valence-corrected chi connectivity index (χ1v) is 11.9. The molecule has 1 heterocycles. The third kappa shape index (κ3) is 12.3. The number of ether oxygens (including phenoxy) is 4. The van der Waals surface area contributed by atoms with Gasteiger partial charge in [-0.2, -0.15) is 0 Å². The number of methoxy groups -OCH3 is 2. The summed E-state index contributed by atoms with van der Waals surface area (Å²) in [6.45, 7) is 1.52. The monoisotopic (exact) mass is 412 g/mol. The predicted octanol–water partition coefficient (Wildman–Crippen LogP) is 4.38. The second-order valence-electron chi connectivity index (χ2n) is 8.30. The van der Waals surface area contributed by atoms with Gasteiger partial charge in [0, 0.05) is 33.4 Å². The van der Waals surface area contributed by atoms with Crippen molar-refractivity contribution in [3.05, 3.63) is 0 Å². The minimum atomic E-state index is -0.444. The maximum atomic E-state index is 8.74. The molecule has 1 fully saturated rings. The second kappa shape index (κ2) is 18.6. The van der Waals surface area contributed by atoms with Crippen molar-refractivity contribution in [2.24, 2.45) is 0 Å². The zero-order chi connectivity index (χ0) is 21.2. The van der Waals surface area contributed by atoms with Gasteiger partial charge in [-0.3, -0.25) is 0 Å². The number of unbranched alkanes of at least 4 members (excludes halogenated alkanes) is 13. The first-order chi connectivity index (χ1) is 14.2. The van der Waals surface area contributed by atoms with Crippen LogP contribution >= 0.6 is 0 Å². The Morgan fingerprint density at radius 1 is 0.724 bits per heavy atom. The van der Waals surface area contributed by atoms with E-state index in [4.69, 9.17) is 31.9 Å². The molecule has 1 aliphatic heterocycles. The van der Waals surface area contributed by atoms with Gasteiger partial charge in [0.2, 0.25) is 0 Å². The molecule has 5 nitrogen and oxygen atoms in total. The van der Waals surface area contributed by atoms with Crippen LogP contribution in [-0.4, -0.2) is 71.3 Å². The number of hydrogen-bond donors (Lipinski definition) is 1. The molecule has 2 radical (unpaired) electrons. The van der Waals surface area contributed by atoms with Crippen LogP contribution in [0.15, 0.2) is 0 Å². The maximum absolute atomic E-state index is 8.74. The minimum Gasteiger partial charge on any atom is -0.396 e. The molecule has 4 atom stereocenters. The molecule has 29 heavy (non-hydrogen) atoms. The van der Waals surface area contributed by atoms with E-state index >= 15 is 0 Å². The van der Waals surface area contributed by atoms with Crippen molar-refractivity contribution in [3.8, 4) is 0 Å². The van der Waals surface area contributed by atoms with E-state index in [2.05, 4.69) is 0 Å². The van der Waals surface area contributed by atoms with Crippen LogP contribution in [0.3, 0.4) is 0 Å². The smallest absolute Gasteiger partial charge is 0.113 e. The first kappa shape index (κ1) is 26.9. The van der Waals surface area contributed by atoms with E-state index in [1.807, 2.05) is 0 Å². The summed E-state index contributed by atoms with van der Waals surface area (Å²) in [6.07, 6.45) is 17.3. The van der Waals surface area contributed by atoms with Crippen molar-refractivity contribution >= 4 is 7.85 Å². The molecule has 1 rings (SSSR count). The Labute approximate surface area is 180 Å². The zero-order valence-electron chi connectivity index (χ0n) is 19.0. The van der Waals surface area contributed by atoms with Gasteiger partial charge in [0.15, 0.2) is 0 Å². The Bertz CT molecular complexity index is 358. The molecule has 1 N–H and O–H groups in total. The van der Waals surface area contributed by atoms with Gasteiger partial charge < -0.3 is 24.1 Å². The van der Waals surface area contributed by atoms with E-state index < -0.39 is 6.00 Å². The summed E-state index contributed by atoms with van der Waals surface area (Å²) in [4.78, 5) is 0. The molecule has 0 bridgehead atoms. The lowest BCUT2D eigenvalue weighted by Gasteiger charge is -2.22. The molecule has 1 saturated heterocycles. The molecule has 6 heteroatoms. The molecule has 1 aliphatic rings. The van der Waals surface area contributed by atoms with Crippen LogP contribution in [-0.2, 0) is 18.9 Å². The summed E-state index contributed by atoms with van der Waals surface area (Å²) in [5.74, 6) is 0. The Kier molecular flexibility index (Phi) is 17.3. The third-order valence-electron chi connectivity index (χ3n) is 5.81. The maximum Gasteiger partial charge on any atom is 0.113 e. The van der Waals surface area contributed by atoms with Gasteiger partial charge in [-0.05, 0) is 12.8 Å². The van der Waals surface area contributed by atoms with E-state index in [0.29, 0.717) is 19.8 Å². The van der Waals surface area contributed by atoms with Gasteiger partial charge in [-0.25, -0.2) is 0 Å². The molecule has 0 aromatic heterocycles. The molecule has 0 saturated carbocycles. The van der Waals surface area contributed by atoms with Crippen molar-refractivity contribution in [2.45, 2.75) is 114 Å². The van der Waals surface area contributed by atoms with Crippen LogP contribution in [0.5, 0.6) is 0 Å². The average Bonchev–Trinajstić information content (AvgIpc) is 3.02. The lowest BCUT2D eigenvalue weighted by Crippen LogP contribution is -2.38. The molecule has 0 spiro atoms. The molecule has 0 amide bonds. The standard InChI is InChI=1S/C23H45BO5/c1-26-19-20-21(27-2)22(23(24)29-20)28-18-16-14-12-10-8-6-4-3-5-7-9-11-13-15-17-25/h20-23,25H,3-19H2,1-2H3/t20-,21-,22-,23-/m1/s1. The van der Waals surface area contributed by atoms with Crippen LogP contribution in [0.1, 0.15) is 89.9 Å². The average molecular weight is 412 g/mol. The highest BCUT2D eigenvalue weighted by atomic mass is 16.6. The van der Waals surface area contributed by atoms with Crippen LogP contribution < -0.4 is 0 Å². The fourth-order valence-electron chi connectivity index (χ4n) is 4.08. The Balaban J connectivity index is 1.87. The van der Waals surface area contributed by atoms with Crippen LogP contribution in [0.2, 0.25) is 0 Å². The number of hydrogen-bond acceptors (Lipinski definition) is 5. The normalized spacial score (nSPS) is 24.4. The van der Waals surface area contributed by atoms with Crippen LogP contribution in [0, 0.1) is 0 Å². The van der Waals surface area contributed by atoms with E-state index in [1.165, 1.54) is 77.0 Å². The zero-order valence-corrected chi connectivity index (χ0v) is 19.0. The highest BCUT2D eigenvalue weighted by Gasteiger charge is 2.42. The highest BCUT2D eigenvalue weighted by Crippen LogP contribution is 2.25. The molecule has 170 valence electrons. The van der Waals surface area contributed by atoms with Crippen LogP contribution in [0.4, 0.5) is 0 Å². The van der Waals surface area contributed by atoms with Crippen molar-refractivity contribution in [3.63, 3.8) is 0 Å². The predicted molar refractivity (Wildman–Crippen MR) is 119 cm³/mol.